The quantitative estimate of drug-likeness (QED) is 0.670. The Kier molecular flexibility index (Phi) is 2.93. The molecule has 1 saturated heterocycles. The monoisotopic (exact) mass is 273 g/mol. The molecule has 1 atom stereocenters. The average Bonchev–Trinajstić information content (AvgIpc) is 2.82. The van der Waals surface area contributed by atoms with Crippen LogP contribution in [-0.2, 0) is 14.4 Å². The third kappa shape index (κ3) is 1.93. The lowest BCUT2D eigenvalue weighted by molar-refractivity contribution is -0.136. The van der Waals surface area contributed by atoms with Crippen molar-refractivity contribution in [3.63, 3.8) is 0 Å². The van der Waals surface area contributed by atoms with E-state index < -0.39 is 0 Å². The predicted octanol–water partition coefficient (Wildman–Crippen LogP) is -0.397. The summed E-state index contributed by atoms with van der Waals surface area (Å²) in [4.78, 5) is 36.8. The first kappa shape index (κ1) is 12.7. The van der Waals surface area contributed by atoms with Gasteiger partial charge in [0.2, 0.25) is 17.6 Å². The number of likely N-dealkylation sites (N-methyl/N-ethyl adjacent to an activating group) is 1. The molecule has 20 heavy (non-hydrogen) atoms. The first-order valence-corrected chi connectivity index (χ1v) is 6.55. The largest absolute Gasteiger partial charge is 0.385 e. The molecular formula is C14H15N3O3. The molecule has 0 radical (unpaired) electrons. The number of amides is 2. The van der Waals surface area contributed by atoms with Crippen LogP contribution in [0.15, 0.2) is 35.2 Å². The minimum atomic E-state index is -0.347. The Morgan fingerprint density at radius 2 is 2.10 bits per heavy atom. The lowest BCUT2D eigenvalue weighted by Gasteiger charge is -2.29. The highest BCUT2D eigenvalue weighted by Gasteiger charge is 2.35. The summed E-state index contributed by atoms with van der Waals surface area (Å²) in [6.45, 7) is 0.508. The van der Waals surface area contributed by atoms with Crippen molar-refractivity contribution in [1.29, 1.82) is 0 Å². The summed E-state index contributed by atoms with van der Waals surface area (Å²) >= 11 is 0. The number of nitrogens with zero attached hydrogens (tertiary/aromatic N) is 1. The van der Waals surface area contributed by atoms with Gasteiger partial charge in [-0.15, -0.1) is 0 Å². The summed E-state index contributed by atoms with van der Waals surface area (Å²) in [6.07, 6.45) is 6.03. The van der Waals surface area contributed by atoms with E-state index in [1.54, 1.807) is 13.1 Å². The zero-order valence-electron chi connectivity index (χ0n) is 11.1. The Labute approximate surface area is 116 Å². The average molecular weight is 273 g/mol. The molecule has 6 nitrogen and oxygen atoms in total. The lowest BCUT2D eigenvalue weighted by Crippen LogP contribution is -2.50. The van der Waals surface area contributed by atoms with Gasteiger partial charge in [0.15, 0.2) is 0 Å². The summed E-state index contributed by atoms with van der Waals surface area (Å²) in [5.74, 6) is -0.538. The highest BCUT2D eigenvalue weighted by Crippen LogP contribution is 2.30. The molecule has 0 saturated carbocycles. The molecule has 2 N–H and O–H groups in total. The normalized spacial score (nSPS) is 25.6. The number of allylic oxidation sites excluding steroid dienone is 2. The van der Waals surface area contributed by atoms with E-state index in [0.29, 0.717) is 25.1 Å². The standard InChI is InChI=1S/C14H15N3O3/c1-15-13-9-7-17(6-8(9)2-4-11(13)18)10-3-5-12(19)16-14(10)20/h2,4,6,10,15H,3,5,7H2,1H3,(H,16,19,20). The number of carbonyl (C=O) groups excluding carboxylic acids is 3. The van der Waals surface area contributed by atoms with Gasteiger partial charge in [0, 0.05) is 31.8 Å². The first-order valence-electron chi connectivity index (χ1n) is 6.55. The topological polar surface area (TPSA) is 78.5 Å². The molecule has 0 aromatic heterocycles. The predicted molar refractivity (Wildman–Crippen MR) is 71.2 cm³/mol. The Balaban J connectivity index is 1.86. The number of piperidine rings is 1. The van der Waals surface area contributed by atoms with Crippen LogP contribution in [0.25, 0.3) is 0 Å². The molecule has 2 heterocycles. The lowest BCUT2D eigenvalue weighted by atomic mass is 9.98. The number of hydrogen-bond acceptors (Lipinski definition) is 5. The Morgan fingerprint density at radius 1 is 1.30 bits per heavy atom. The third-order valence-corrected chi connectivity index (χ3v) is 3.82. The maximum Gasteiger partial charge on any atom is 0.249 e. The van der Waals surface area contributed by atoms with Crippen molar-refractivity contribution in [3.8, 4) is 0 Å². The van der Waals surface area contributed by atoms with Gasteiger partial charge in [0.1, 0.15) is 6.04 Å². The molecule has 6 heteroatoms. The van der Waals surface area contributed by atoms with E-state index in [9.17, 15) is 14.4 Å². The first-order chi connectivity index (χ1) is 9.60. The summed E-state index contributed by atoms with van der Waals surface area (Å²) in [6, 6.07) is -0.347. The molecule has 0 spiro atoms. The summed E-state index contributed by atoms with van der Waals surface area (Å²) in [7, 11) is 1.71. The second-order valence-corrected chi connectivity index (χ2v) is 5.02. The number of ketones is 1. The second-order valence-electron chi connectivity index (χ2n) is 5.02. The maximum atomic E-state index is 11.9. The van der Waals surface area contributed by atoms with Gasteiger partial charge in [-0.05, 0) is 24.1 Å². The second kappa shape index (κ2) is 4.63. The Morgan fingerprint density at radius 3 is 2.80 bits per heavy atom. The molecule has 0 aromatic rings. The number of imide groups is 1. The van der Waals surface area contributed by atoms with Crippen molar-refractivity contribution >= 4 is 17.6 Å². The molecule has 3 aliphatic rings. The van der Waals surface area contributed by atoms with Crippen LogP contribution in [-0.4, -0.2) is 42.1 Å². The van der Waals surface area contributed by atoms with E-state index in [1.165, 1.54) is 6.08 Å². The van der Waals surface area contributed by atoms with E-state index >= 15 is 0 Å². The fraction of sp³-hybridized carbons (Fsp3) is 0.357. The van der Waals surface area contributed by atoms with Gasteiger partial charge in [-0.2, -0.15) is 0 Å². The molecule has 0 bridgehead atoms. The molecule has 2 aliphatic heterocycles. The molecule has 0 aromatic carbocycles. The smallest absolute Gasteiger partial charge is 0.249 e. The van der Waals surface area contributed by atoms with Crippen molar-refractivity contribution < 1.29 is 14.4 Å². The van der Waals surface area contributed by atoms with Crippen molar-refractivity contribution in [2.75, 3.05) is 13.6 Å². The van der Waals surface area contributed by atoms with Crippen LogP contribution in [0.5, 0.6) is 0 Å². The van der Waals surface area contributed by atoms with Crippen LogP contribution in [0.1, 0.15) is 12.8 Å². The van der Waals surface area contributed by atoms with Crippen LogP contribution in [0.3, 0.4) is 0 Å². The van der Waals surface area contributed by atoms with Gasteiger partial charge >= 0.3 is 0 Å². The molecule has 3 rings (SSSR count). The van der Waals surface area contributed by atoms with Crippen molar-refractivity contribution in [2.24, 2.45) is 0 Å². The van der Waals surface area contributed by atoms with Crippen LogP contribution in [0, 0.1) is 0 Å². The highest BCUT2D eigenvalue weighted by molar-refractivity contribution is 6.07. The Bertz CT molecular complexity index is 601. The molecule has 1 fully saturated rings. The number of hydrogen-bond donors (Lipinski definition) is 2. The van der Waals surface area contributed by atoms with Gasteiger partial charge < -0.3 is 10.2 Å². The van der Waals surface area contributed by atoms with Crippen LogP contribution in [0.2, 0.25) is 0 Å². The van der Waals surface area contributed by atoms with Crippen LogP contribution in [0.4, 0.5) is 0 Å². The van der Waals surface area contributed by atoms with Crippen LogP contribution < -0.4 is 10.6 Å². The highest BCUT2D eigenvalue weighted by atomic mass is 16.2. The van der Waals surface area contributed by atoms with Crippen molar-refractivity contribution in [3.05, 3.63) is 35.2 Å². The van der Waals surface area contributed by atoms with Crippen molar-refractivity contribution in [1.82, 2.24) is 15.5 Å². The summed E-state index contributed by atoms with van der Waals surface area (Å²) in [5.41, 5.74) is 2.43. The Hall–Kier alpha value is -2.37. The maximum absolute atomic E-state index is 11.9. The molecule has 1 unspecified atom stereocenters. The number of carbonyl (C=O) groups is 3. The SMILES string of the molecule is CNC1=C2CN(C3CCC(=O)NC3=O)C=C2C=CC1=O. The van der Waals surface area contributed by atoms with Gasteiger partial charge in [-0.1, -0.05) is 0 Å². The van der Waals surface area contributed by atoms with Gasteiger partial charge in [-0.25, -0.2) is 0 Å². The molecule has 1 aliphatic carbocycles. The van der Waals surface area contributed by atoms with Gasteiger partial charge in [0.05, 0.1) is 5.70 Å². The van der Waals surface area contributed by atoms with Crippen LogP contribution >= 0.6 is 0 Å². The van der Waals surface area contributed by atoms with Crippen molar-refractivity contribution in [2.45, 2.75) is 18.9 Å². The minimum absolute atomic E-state index is 0.0511. The zero-order chi connectivity index (χ0) is 14.3. The van der Waals surface area contributed by atoms with E-state index in [0.717, 1.165) is 11.1 Å². The molecule has 2 amide bonds. The molecular weight excluding hydrogens is 258 g/mol. The number of rotatable bonds is 2. The van der Waals surface area contributed by atoms with Gasteiger partial charge in [0.25, 0.3) is 0 Å². The number of fused-ring (bicyclic) bond motifs is 1. The fourth-order valence-electron chi connectivity index (χ4n) is 2.81. The van der Waals surface area contributed by atoms with E-state index in [2.05, 4.69) is 10.6 Å². The van der Waals surface area contributed by atoms with E-state index in [-0.39, 0.29) is 23.6 Å². The summed E-state index contributed by atoms with van der Waals surface area (Å²) < 4.78 is 0. The molecule has 104 valence electrons. The van der Waals surface area contributed by atoms with E-state index in [4.69, 9.17) is 0 Å². The number of nitrogens with one attached hydrogen (secondary N) is 2. The zero-order valence-corrected chi connectivity index (χ0v) is 11.1. The third-order valence-electron chi connectivity index (χ3n) is 3.82. The fourth-order valence-corrected chi connectivity index (χ4v) is 2.81. The summed E-state index contributed by atoms with van der Waals surface area (Å²) in [5, 5.41) is 5.28. The van der Waals surface area contributed by atoms with E-state index in [1.807, 2.05) is 11.1 Å². The van der Waals surface area contributed by atoms with Gasteiger partial charge in [-0.3, -0.25) is 19.7 Å². The minimum Gasteiger partial charge on any atom is -0.385 e.